The van der Waals surface area contributed by atoms with Crippen molar-refractivity contribution in [3.8, 4) is 0 Å². The molecular formula is C22H41N5O4S. The number of nitrogens with one attached hydrogen (secondary N) is 2. The summed E-state index contributed by atoms with van der Waals surface area (Å²) in [5, 5.41) is 13.9. The summed E-state index contributed by atoms with van der Waals surface area (Å²) in [6.07, 6.45) is 16.8. The standard InChI is InChI=1S/C22H41N5O4S/c1-20(28)16-15-19-32(30,31)25-22(29)18-14-12-10-8-6-4-2-3-5-7-9-11-13-17-21-23-26-27-24-21/h2-19H2,1H3,(H,25,29)(H,23,24,26,27). The molecule has 0 aromatic carbocycles. The molecule has 10 heteroatoms. The third kappa shape index (κ3) is 16.8. The quantitative estimate of drug-likeness (QED) is 0.258. The van der Waals surface area contributed by atoms with Gasteiger partial charge in [-0.05, 0) is 26.2 Å². The fourth-order valence-corrected chi connectivity index (χ4v) is 4.66. The lowest BCUT2D eigenvalue weighted by Crippen LogP contribution is -2.32. The summed E-state index contributed by atoms with van der Waals surface area (Å²) in [5.74, 6) is 0.136. The van der Waals surface area contributed by atoms with Crippen LogP contribution in [-0.4, -0.2) is 46.5 Å². The number of aromatic amines is 1. The molecule has 0 aliphatic carbocycles. The van der Waals surface area contributed by atoms with E-state index in [9.17, 15) is 18.0 Å². The number of rotatable bonds is 21. The minimum absolute atomic E-state index is 0.0455. The molecule has 0 fully saturated rings. The lowest BCUT2D eigenvalue weighted by molar-refractivity contribution is -0.119. The number of H-pyrrole nitrogens is 1. The highest BCUT2D eigenvalue weighted by Crippen LogP contribution is 2.13. The third-order valence-corrected chi connectivity index (χ3v) is 6.77. The van der Waals surface area contributed by atoms with Crippen LogP contribution < -0.4 is 4.72 Å². The molecule has 184 valence electrons. The Bertz CT molecular complexity index is 723. The predicted molar refractivity (Wildman–Crippen MR) is 124 cm³/mol. The van der Waals surface area contributed by atoms with Gasteiger partial charge in [0.05, 0.1) is 5.75 Å². The zero-order chi connectivity index (χ0) is 23.5. The number of hydrogen-bond donors (Lipinski definition) is 2. The van der Waals surface area contributed by atoms with Crippen LogP contribution in [0.25, 0.3) is 0 Å². The summed E-state index contributed by atoms with van der Waals surface area (Å²) in [6, 6.07) is 0. The number of Topliss-reactive ketones (excluding diaryl/α,β-unsaturated/α-hetero) is 1. The summed E-state index contributed by atoms with van der Waals surface area (Å²) in [7, 11) is -3.62. The van der Waals surface area contributed by atoms with E-state index in [0.29, 0.717) is 6.42 Å². The number of amides is 1. The van der Waals surface area contributed by atoms with Crippen molar-refractivity contribution < 1.29 is 18.0 Å². The molecule has 1 amide bonds. The van der Waals surface area contributed by atoms with Crippen LogP contribution in [0.1, 0.15) is 115 Å². The summed E-state index contributed by atoms with van der Waals surface area (Å²) < 4.78 is 25.6. The molecule has 0 spiro atoms. The first-order valence-corrected chi connectivity index (χ1v) is 13.8. The van der Waals surface area contributed by atoms with E-state index in [1.54, 1.807) is 0 Å². The van der Waals surface area contributed by atoms with Crippen molar-refractivity contribution in [1.82, 2.24) is 25.3 Å². The van der Waals surface area contributed by atoms with Crippen molar-refractivity contribution >= 4 is 21.7 Å². The van der Waals surface area contributed by atoms with Gasteiger partial charge in [0.2, 0.25) is 15.9 Å². The minimum Gasteiger partial charge on any atom is -0.300 e. The van der Waals surface area contributed by atoms with E-state index < -0.39 is 15.9 Å². The number of carbonyl (C=O) groups is 2. The molecule has 0 aliphatic heterocycles. The molecule has 0 bridgehead atoms. The molecule has 0 aliphatic rings. The van der Waals surface area contributed by atoms with Crippen LogP contribution in [0.2, 0.25) is 0 Å². The van der Waals surface area contributed by atoms with E-state index in [1.165, 1.54) is 64.7 Å². The van der Waals surface area contributed by atoms with E-state index in [4.69, 9.17) is 0 Å². The smallest absolute Gasteiger partial charge is 0.234 e. The molecule has 1 rings (SSSR count). The second kappa shape index (κ2) is 17.7. The average molecular weight is 472 g/mol. The normalized spacial score (nSPS) is 11.5. The molecule has 1 aromatic heterocycles. The molecular weight excluding hydrogens is 430 g/mol. The summed E-state index contributed by atoms with van der Waals surface area (Å²) >= 11 is 0. The second-order valence-corrected chi connectivity index (χ2v) is 10.4. The minimum atomic E-state index is -3.62. The Kier molecular flexibility index (Phi) is 15.6. The predicted octanol–water partition coefficient (Wildman–Crippen LogP) is 4.02. The number of sulfonamides is 1. The van der Waals surface area contributed by atoms with Gasteiger partial charge in [-0.1, -0.05) is 75.8 Å². The van der Waals surface area contributed by atoms with Crippen LogP contribution in [0.15, 0.2) is 0 Å². The molecule has 1 heterocycles. The van der Waals surface area contributed by atoms with Crippen LogP contribution in [0.4, 0.5) is 0 Å². The highest BCUT2D eigenvalue weighted by molar-refractivity contribution is 7.90. The van der Waals surface area contributed by atoms with Crippen LogP contribution in [0.3, 0.4) is 0 Å². The average Bonchev–Trinajstić information content (AvgIpc) is 3.23. The van der Waals surface area contributed by atoms with Gasteiger partial charge >= 0.3 is 0 Å². The lowest BCUT2D eigenvalue weighted by atomic mass is 10.0. The van der Waals surface area contributed by atoms with Gasteiger partial charge in [0.15, 0.2) is 5.82 Å². The number of aryl methyl sites for hydroxylation is 1. The molecule has 0 saturated carbocycles. The molecule has 1 aromatic rings. The third-order valence-electron chi connectivity index (χ3n) is 5.40. The van der Waals surface area contributed by atoms with E-state index in [-0.39, 0.29) is 30.8 Å². The first kappa shape index (κ1) is 28.2. The molecule has 9 nitrogen and oxygen atoms in total. The van der Waals surface area contributed by atoms with Crippen molar-refractivity contribution in [3.63, 3.8) is 0 Å². The van der Waals surface area contributed by atoms with Gasteiger partial charge in [0.1, 0.15) is 5.78 Å². The van der Waals surface area contributed by atoms with Gasteiger partial charge in [0.25, 0.3) is 0 Å². The van der Waals surface area contributed by atoms with Crippen molar-refractivity contribution in [3.05, 3.63) is 5.82 Å². The molecule has 0 atom stereocenters. The van der Waals surface area contributed by atoms with Gasteiger partial charge in [0, 0.05) is 19.3 Å². The highest BCUT2D eigenvalue weighted by atomic mass is 32.2. The van der Waals surface area contributed by atoms with Crippen molar-refractivity contribution in [1.29, 1.82) is 0 Å². The maximum Gasteiger partial charge on any atom is 0.234 e. The number of carbonyl (C=O) groups excluding carboxylic acids is 2. The van der Waals surface area contributed by atoms with Gasteiger partial charge in [-0.3, -0.25) is 9.52 Å². The fourth-order valence-electron chi connectivity index (χ4n) is 3.59. The Morgan fingerprint density at radius 2 is 1.31 bits per heavy atom. The largest absolute Gasteiger partial charge is 0.300 e. The molecule has 0 saturated heterocycles. The fraction of sp³-hybridized carbons (Fsp3) is 0.864. The first-order valence-electron chi connectivity index (χ1n) is 12.1. The monoisotopic (exact) mass is 471 g/mol. The summed E-state index contributed by atoms with van der Waals surface area (Å²) in [5.41, 5.74) is 0. The van der Waals surface area contributed by atoms with Gasteiger partial charge in [-0.15, -0.1) is 10.2 Å². The van der Waals surface area contributed by atoms with Crippen LogP contribution >= 0.6 is 0 Å². The maximum atomic E-state index is 11.8. The summed E-state index contributed by atoms with van der Waals surface area (Å²) in [4.78, 5) is 22.6. The number of hydrogen-bond acceptors (Lipinski definition) is 7. The van der Waals surface area contributed by atoms with Gasteiger partial charge in [-0.2, -0.15) is 5.21 Å². The Morgan fingerprint density at radius 3 is 1.81 bits per heavy atom. The van der Waals surface area contributed by atoms with Crippen molar-refractivity contribution in [2.24, 2.45) is 0 Å². The molecule has 2 N–H and O–H groups in total. The Hall–Kier alpha value is -1.84. The molecule has 32 heavy (non-hydrogen) atoms. The number of tetrazole rings is 1. The number of ketones is 1. The zero-order valence-corrected chi connectivity index (χ0v) is 20.4. The number of unbranched alkanes of at least 4 members (excludes halogenated alkanes) is 12. The van der Waals surface area contributed by atoms with Crippen molar-refractivity contribution in [2.45, 2.75) is 116 Å². The molecule has 0 unspecified atom stereocenters. The topological polar surface area (TPSA) is 135 Å². The van der Waals surface area contributed by atoms with Crippen molar-refractivity contribution in [2.75, 3.05) is 5.75 Å². The van der Waals surface area contributed by atoms with E-state index in [0.717, 1.165) is 31.5 Å². The Balaban J connectivity index is 1.82. The maximum absolute atomic E-state index is 11.8. The Labute approximate surface area is 193 Å². The van der Waals surface area contributed by atoms with E-state index in [2.05, 4.69) is 25.3 Å². The zero-order valence-electron chi connectivity index (χ0n) is 19.6. The number of aromatic nitrogens is 4. The SMILES string of the molecule is CC(=O)CCCS(=O)(=O)NC(=O)CCCCCCCCCCCCCCCc1nn[nH]n1. The van der Waals surface area contributed by atoms with E-state index in [1.807, 2.05) is 0 Å². The molecule has 0 radical (unpaired) electrons. The van der Waals surface area contributed by atoms with Crippen LogP contribution in [0.5, 0.6) is 0 Å². The number of nitrogens with zero attached hydrogens (tertiary/aromatic N) is 3. The lowest BCUT2D eigenvalue weighted by Gasteiger charge is -2.06. The van der Waals surface area contributed by atoms with Crippen LogP contribution in [0, 0.1) is 0 Å². The van der Waals surface area contributed by atoms with E-state index >= 15 is 0 Å². The summed E-state index contributed by atoms with van der Waals surface area (Å²) in [6.45, 7) is 1.43. The Morgan fingerprint density at radius 1 is 0.781 bits per heavy atom. The van der Waals surface area contributed by atoms with Crippen LogP contribution in [-0.2, 0) is 26.0 Å². The van der Waals surface area contributed by atoms with Gasteiger partial charge in [-0.25, -0.2) is 8.42 Å². The van der Waals surface area contributed by atoms with Gasteiger partial charge < -0.3 is 4.79 Å². The second-order valence-electron chi connectivity index (χ2n) is 8.57. The highest BCUT2D eigenvalue weighted by Gasteiger charge is 2.14. The first-order chi connectivity index (χ1) is 15.4.